The van der Waals surface area contributed by atoms with Gasteiger partial charge in [0, 0.05) is 11.7 Å². The fourth-order valence-corrected chi connectivity index (χ4v) is 2.59. The van der Waals surface area contributed by atoms with Crippen LogP contribution in [0.4, 0.5) is 5.69 Å². The van der Waals surface area contributed by atoms with Gasteiger partial charge in [-0.05, 0) is 50.3 Å². The molecule has 0 aromatic heterocycles. The lowest BCUT2D eigenvalue weighted by Gasteiger charge is -2.15. The molecule has 0 heterocycles. The van der Waals surface area contributed by atoms with Gasteiger partial charge in [-0.1, -0.05) is 48.5 Å². The number of aryl methyl sites for hydroxylation is 3. The third kappa shape index (κ3) is 9.53. The van der Waals surface area contributed by atoms with E-state index in [0.717, 1.165) is 29.7 Å². The Labute approximate surface area is 170 Å². The van der Waals surface area contributed by atoms with Crippen LogP contribution in [0.1, 0.15) is 30.0 Å². The largest absolute Gasteiger partial charge is 0.473 e. The highest BCUT2D eigenvalue weighted by Crippen LogP contribution is 2.19. The van der Waals surface area contributed by atoms with Crippen LogP contribution in [-0.4, -0.2) is 40.6 Å². The van der Waals surface area contributed by atoms with Crippen molar-refractivity contribution in [3.8, 4) is 0 Å². The van der Waals surface area contributed by atoms with E-state index >= 15 is 0 Å². The van der Waals surface area contributed by atoms with E-state index in [1.165, 1.54) is 5.56 Å². The Morgan fingerprint density at radius 1 is 0.897 bits per heavy atom. The summed E-state index contributed by atoms with van der Waals surface area (Å²) in [4.78, 5) is 30.3. The maximum atomic E-state index is 12.1. The predicted molar refractivity (Wildman–Crippen MR) is 112 cm³/mol. The van der Waals surface area contributed by atoms with Gasteiger partial charge < -0.3 is 20.8 Å². The number of aliphatic carboxylic acids is 2. The highest BCUT2D eigenvalue weighted by atomic mass is 16.4. The zero-order valence-electron chi connectivity index (χ0n) is 16.9. The molecule has 7 heteroatoms. The van der Waals surface area contributed by atoms with Crippen molar-refractivity contribution < 1.29 is 24.6 Å². The predicted octanol–water partition coefficient (Wildman–Crippen LogP) is 3.01. The van der Waals surface area contributed by atoms with E-state index in [-0.39, 0.29) is 5.91 Å². The van der Waals surface area contributed by atoms with Crippen molar-refractivity contribution in [1.29, 1.82) is 0 Å². The summed E-state index contributed by atoms with van der Waals surface area (Å²) in [5.41, 5.74) is 4.45. The number of hydrogen-bond acceptors (Lipinski definition) is 4. The highest BCUT2D eigenvalue weighted by molar-refractivity contribution is 6.27. The van der Waals surface area contributed by atoms with E-state index in [1.54, 1.807) is 0 Å². The topological polar surface area (TPSA) is 116 Å². The molecule has 0 saturated heterocycles. The van der Waals surface area contributed by atoms with Gasteiger partial charge in [0.25, 0.3) is 0 Å². The molecule has 1 amide bonds. The third-order valence-electron chi connectivity index (χ3n) is 4.25. The number of amides is 1. The summed E-state index contributed by atoms with van der Waals surface area (Å²) in [5.74, 6) is -3.64. The molecule has 0 fully saturated rings. The minimum atomic E-state index is -1.82. The molecule has 1 unspecified atom stereocenters. The fraction of sp³-hybridized carbons (Fsp3) is 0.318. The minimum absolute atomic E-state index is 0.00830. The Bertz CT molecular complexity index is 789. The van der Waals surface area contributed by atoms with Crippen molar-refractivity contribution in [2.75, 3.05) is 11.9 Å². The van der Waals surface area contributed by atoms with Crippen LogP contribution in [0.3, 0.4) is 0 Å². The Kier molecular flexibility index (Phi) is 10.1. The van der Waals surface area contributed by atoms with E-state index in [0.29, 0.717) is 12.6 Å². The van der Waals surface area contributed by atoms with Crippen LogP contribution in [0.5, 0.6) is 0 Å². The number of carbonyl (C=O) groups is 3. The fourth-order valence-electron chi connectivity index (χ4n) is 2.59. The first kappa shape index (κ1) is 23.8. The molecule has 7 nitrogen and oxygen atoms in total. The molecule has 2 rings (SSSR count). The molecule has 0 spiro atoms. The van der Waals surface area contributed by atoms with Crippen LogP contribution in [0.25, 0.3) is 0 Å². The summed E-state index contributed by atoms with van der Waals surface area (Å²) in [6.45, 7) is 6.48. The molecule has 0 aliphatic heterocycles. The first-order chi connectivity index (χ1) is 13.7. The van der Waals surface area contributed by atoms with Crippen LogP contribution in [-0.2, 0) is 20.8 Å². The minimum Gasteiger partial charge on any atom is -0.473 e. The lowest BCUT2D eigenvalue weighted by Crippen LogP contribution is -2.34. The molecule has 2 aromatic carbocycles. The lowest BCUT2D eigenvalue weighted by atomic mass is 10.1. The van der Waals surface area contributed by atoms with E-state index in [4.69, 9.17) is 19.8 Å². The molecule has 0 aliphatic rings. The van der Waals surface area contributed by atoms with Gasteiger partial charge in [-0.2, -0.15) is 0 Å². The van der Waals surface area contributed by atoms with Crippen LogP contribution < -0.4 is 10.6 Å². The van der Waals surface area contributed by atoms with Crippen molar-refractivity contribution in [2.45, 2.75) is 39.7 Å². The average Bonchev–Trinajstić information content (AvgIpc) is 2.69. The van der Waals surface area contributed by atoms with Crippen molar-refractivity contribution in [2.24, 2.45) is 0 Å². The van der Waals surface area contributed by atoms with Crippen molar-refractivity contribution in [3.05, 3.63) is 65.2 Å². The molecule has 0 radical (unpaired) electrons. The van der Waals surface area contributed by atoms with Gasteiger partial charge in [-0.3, -0.25) is 4.79 Å². The van der Waals surface area contributed by atoms with Crippen molar-refractivity contribution in [1.82, 2.24) is 5.32 Å². The van der Waals surface area contributed by atoms with Crippen LogP contribution >= 0.6 is 0 Å². The molecule has 29 heavy (non-hydrogen) atoms. The number of carboxylic acids is 2. The molecule has 156 valence electrons. The van der Waals surface area contributed by atoms with Gasteiger partial charge in [0.05, 0.1) is 6.54 Å². The second kappa shape index (κ2) is 12.3. The smallest absolute Gasteiger partial charge is 0.414 e. The first-order valence-corrected chi connectivity index (χ1v) is 9.30. The summed E-state index contributed by atoms with van der Waals surface area (Å²) >= 11 is 0. The Balaban J connectivity index is 0.000000612. The summed E-state index contributed by atoms with van der Waals surface area (Å²) < 4.78 is 0. The number of carboxylic acid groups (broad SMARTS) is 2. The SMILES string of the molecule is Cc1cccc(C)c1NC(=O)CNC(C)CCc1ccccc1.O=C(O)C(=O)O. The quantitative estimate of drug-likeness (QED) is 0.531. The number of para-hydroxylation sites is 1. The monoisotopic (exact) mass is 400 g/mol. The molecule has 0 aliphatic carbocycles. The molecule has 1 atom stereocenters. The van der Waals surface area contributed by atoms with Crippen LogP contribution in [0.15, 0.2) is 48.5 Å². The molecule has 4 N–H and O–H groups in total. The highest BCUT2D eigenvalue weighted by Gasteiger charge is 2.09. The van der Waals surface area contributed by atoms with Gasteiger partial charge in [0.15, 0.2) is 0 Å². The maximum Gasteiger partial charge on any atom is 0.414 e. The number of carbonyl (C=O) groups excluding carboxylic acids is 1. The molecule has 0 saturated carbocycles. The van der Waals surface area contributed by atoms with E-state index < -0.39 is 11.9 Å². The zero-order valence-corrected chi connectivity index (χ0v) is 16.9. The Morgan fingerprint density at radius 2 is 1.45 bits per heavy atom. The van der Waals surface area contributed by atoms with Gasteiger partial charge >= 0.3 is 11.9 Å². The first-order valence-electron chi connectivity index (χ1n) is 9.30. The number of rotatable bonds is 7. The second-order valence-corrected chi connectivity index (χ2v) is 6.73. The van der Waals surface area contributed by atoms with E-state index in [2.05, 4.69) is 41.8 Å². The standard InChI is InChI=1S/C20H26N2O.C2H2O4/c1-15-8-7-9-16(2)20(15)22-19(23)14-21-17(3)12-13-18-10-5-4-6-11-18;3-1(4)2(5)6/h4-11,17,21H,12-14H2,1-3H3,(H,22,23);(H,3,4)(H,5,6). The number of hydrogen-bond donors (Lipinski definition) is 4. The summed E-state index contributed by atoms with van der Waals surface area (Å²) in [6, 6.07) is 16.8. The summed E-state index contributed by atoms with van der Waals surface area (Å²) in [7, 11) is 0. The van der Waals surface area contributed by atoms with Gasteiger partial charge in [-0.15, -0.1) is 0 Å². The third-order valence-corrected chi connectivity index (χ3v) is 4.25. The molecule has 2 aromatic rings. The number of nitrogens with one attached hydrogen (secondary N) is 2. The Hall–Kier alpha value is -3.19. The van der Waals surface area contributed by atoms with Gasteiger partial charge in [0.1, 0.15) is 0 Å². The molecule has 0 bridgehead atoms. The summed E-state index contributed by atoms with van der Waals surface area (Å²) in [6.07, 6.45) is 2.04. The van der Waals surface area contributed by atoms with Crippen molar-refractivity contribution >= 4 is 23.5 Å². The molecular weight excluding hydrogens is 372 g/mol. The summed E-state index contributed by atoms with van der Waals surface area (Å²) in [5, 5.41) is 21.1. The maximum absolute atomic E-state index is 12.1. The number of benzene rings is 2. The average molecular weight is 400 g/mol. The molecular formula is C22H28N2O5. The lowest BCUT2D eigenvalue weighted by molar-refractivity contribution is -0.159. The Morgan fingerprint density at radius 3 is 1.97 bits per heavy atom. The van der Waals surface area contributed by atoms with Crippen molar-refractivity contribution in [3.63, 3.8) is 0 Å². The van der Waals surface area contributed by atoms with Crippen LogP contribution in [0, 0.1) is 13.8 Å². The zero-order chi connectivity index (χ0) is 21.8. The van der Waals surface area contributed by atoms with Gasteiger partial charge in [-0.25, -0.2) is 9.59 Å². The van der Waals surface area contributed by atoms with E-state index in [1.807, 2.05) is 38.1 Å². The second-order valence-electron chi connectivity index (χ2n) is 6.73. The number of anilines is 1. The normalized spacial score (nSPS) is 11.0. The van der Waals surface area contributed by atoms with Crippen LogP contribution in [0.2, 0.25) is 0 Å². The van der Waals surface area contributed by atoms with Gasteiger partial charge in [0.2, 0.25) is 5.91 Å². The van der Waals surface area contributed by atoms with E-state index in [9.17, 15) is 4.79 Å².